The molecule has 1 aromatic rings. The number of imidazole rings is 1. The fraction of sp³-hybridized carbons (Fsp3) is 0.800. The highest BCUT2D eigenvalue weighted by atomic mass is 127. The predicted octanol–water partition coefficient (Wildman–Crippen LogP) is 2.28. The zero-order valence-corrected chi connectivity index (χ0v) is 20.0. The standard InChI is InChI=1S/C20H36N6O.HI/c1-4-21-20(23-13-19-22-6-8-25(19)14-17(2)3)26-7-5-18(16-26)15-24-9-11-27-12-10-24;/h6,8,17-18H,4-5,7,9-16H2,1-3H3,(H,21,23);1H. The maximum atomic E-state index is 5.47. The molecule has 0 spiro atoms. The van der Waals surface area contributed by atoms with E-state index >= 15 is 0 Å². The van der Waals surface area contributed by atoms with Gasteiger partial charge in [0.1, 0.15) is 12.4 Å². The quantitative estimate of drug-likeness (QED) is 0.351. The molecule has 0 amide bonds. The largest absolute Gasteiger partial charge is 0.379 e. The molecular weight excluding hydrogens is 467 g/mol. The van der Waals surface area contributed by atoms with Gasteiger partial charge in [-0.1, -0.05) is 13.8 Å². The summed E-state index contributed by atoms with van der Waals surface area (Å²) in [4.78, 5) is 14.4. The Morgan fingerprint density at radius 3 is 2.82 bits per heavy atom. The minimum Gasteiger partial charge on any atom is -0.379 e. The van der Waals surface area contributed by atoms with Crippen molar-refractivity contribution in [1.82, 2.24) is 24.7 Å². The zero-order chi connectivity index (χ0) is 19.1. The molecule has 3 rings (SSSR count). The first-order valence-electron chi connectivity index (χ1n) is 10.5. The van der Waals surface area contributed by atoms with Crippen LogP contribution in [0.25, 0.3) is 0 Å². The third-order valence-electron chi connectivity index (χ3n) is 5.27. The number of nitrogens with zero attached hydrogens (tertiary/aromatic N) is 5. The van der Waals surface area contributed by atoms with Crippen molar-refractivity contribution in [3.05, 3.63) is 18.2 Å². The Balaban J connectivity index is 0.00000280. The van der Waals surface area contributed by atoms with Crippen molar-refractivity contribution < 1.29 is 4.74 Å². The molecule has 2 aliphatic rings. The lowest BCUT2D eigenvalue weighted by Gasteiger charge is -2.29. The molecule has 1 atom stereocenters. The van der Waals surface area contributed by atoms with E-state index in [9.17, 15) is 0 Å². The Morgan fingerprint density at radius 1 is 1.32 bits per heavy atom. The Bertz CT molecular complexity index is 599. The van der Waals surface area contributed by atoms with Crippen molar-refractivity contribution in [1.29, 1.82) is 0 Å². The van der Waals surface area contributed by atoms with Gasteiger partial charge in [0.05, 0.1) is 13.2 Å². The number of likely N-dealkylation sites (tertiary alicyclic amines) is 1. The van der Waals surface area contributed by atoms with Gasteiger partial charge < -0.3 is 19.5 Å². The average Bonchev–Trinajstić information content (AvgIpc) is 3.29. The molecule has 3 heterocycles. The molecule has 0 bridgehead atoms. The monoisotopic (exact) mass is 504 g/mol. The number of guanidine groups is 1. The van der Waals surface area contributed by atoms with Crippen LogP contribution in [-0.4, -0.2) is 77.8 Å². The Kier molecular flexibility index (Phi) is 10.0. The molecule has 2 saturated heterocycles. The maximum absolute atomic E-state index is 5.47. The highest BCUT2D eigenvalue weighted by Gasteiger charge is 2.27. The molecule has 1 aromatic heterocycles. The normalized spacial score (nSPS) is 21.2. The number of rotatable bonds is 7. The number of halogens is 1. The van der Waals surface area contributed by atoms with Gasteiger partial charge in [-0.05, 0) is 25.2 Å². The van der Waals surface area contributed by atoms with Crippen molar-refractivity contribution in [2.45, 2.75) is 40.3 Å². The molecule has 8 heteroatoms. The molecule has 7 nitrogen and oxygen atoms in total. The van der Waals surface area contributed by atoms with Crippen LogP contribution >= 0.6 is 24.0 Å². The number of hydrogen-bond acceptors (Lipinski definition) is 4. The second-order valence-electron chi connectivity index (χ2n) is 8.07. The Labute approximate surface area is 186 Å². The van der Waals surface area contributed by atoms with Gasteiger partial charge >= 0.3 is 0 Å². The fourth-order valence-electron chi connectivity index (χ4n) is 3.95. The number of nitrogens with one attached hydrogen (secondary N) is 1. The van der Waals surface area contributed by atoms with Crippen LogP contribution < -0.4 is 5.32 Å². The van der Waals surface area contributed by atoms with Crippen molar-refractivity contribution in [2.75, 3.05) is 52.5 Å². The van der Waals surface area contributed by atoms with Crippen molar-refractivity contribution in [2.24, 2.45) is 16.8 Å². The lowest BCUT2D eigenvalue weighted by atomic mass is 10.1. The van der Waals surface area contributed by atoms with Crippen LogP contribution in [0.3, 0.4) is 0 Å². The summed E-state index contributed by atoms with van der Waals surface area (Å²) in [6.07, 6.45) is 5.18. The van der Waals surface area contributed by atoms with E-state index in [-0.39, 0.29) is 24.0 Å². The van der Waals surface area contributed by atoms with Crippen molar-refractivity contribution >= 4 is 29.9 Å². The molecule has 0 aliphatic carbocycles. The van der Waals surface area contributed by atoms with E-state index in [1.165, 1.54) is 13.0 Å². The van der Waals surface area contributed by atoms with E-state index in [0.717, 1.165) is 70.2 Å². The predicted molar refractivity (Wildman–Crippen MR) is 124 cm³/mol. The minimum absolute atomic E-state index is 0. The lowest BCUT2D eigenvalue weighted by molar-refractivity contribution is 0.0315. The SMILES string of the molecule is CCNC(=NCc1nccn1CC(C)C)N1CCC(CN2CCOCC2)C1.I. The van der Waals surface area contributed by atoms with E-state index in [1.807, 2.05) is 6.20 Å². The Hall–Kier alpha value is -0.870. The van der Waals surface area contributed by atoms with Crippen LogP contribution in [0.15, 0.2) is 17.4 Å². The van der Waals surface area contributed by atoms with Crippen LogP contribution in [0.2, 0.25) is 0 Å². The molecular formula is C20H37IN6O. The Morgan fingerprint density at radius 2 is 2.11 bits per heavy atom. The molecule has 0 radical (unpaired) electrons. The summed E-state index contributed by atoms with van der Waals surface area (Å²) in [6.45, 7) is 16.4. The van der Waals surface area contributed by atoms with Gasteiger partial charge in [-0.25, -0.2) is 9.98 Å². The number of aliphatic imine (C=N–C) groups is 1. The van der Waals surface area contributed by atoms with Gasteiger partial charge in [0.2, 0.25) is 0 Å². The van der Waals surface area contributed by atoms with Crippen molar-refractivity contribution in [3.63, 3.8) is 0 Å². The summed E-state index contributed by atoms with van der Waals surface area (Å²) in [5, 5.41) is 3.48. The first-order chi connectivity index (χ1) is 13.2. The third-order valence-corrected chi connectivity index (χ3v) is 5.27. The highest BCUT2D eigenvalue weighted by Crippen LogP contribution is 2.18. The lowest BCUT2D eigenvalue weighted by Crippen LogP contribution is -2.42. The van der Waals surface area contributed by atoms with Gasteiger partial charge in [0, 0.05) is 58.2 Å². The summed E-state index contributed by atoms with van der Waals surface area (Å²) in [5.74, 6) is 3.40. The smallest absolute Gasteiger partial charge is 0.194 e. The molecule has 2 fully saturated rings. The fourth-order valence-corrected chi connectivity index (χ4v) is 3.95. The van der Waals surface area contributed by atoms with Crippen LogP contribution in [0.1, 0.15) is 33.0 Å². The summed E-state index contributed by atoms with van der Waals surface area (Å²) in [6, 6.07) is 0. The van der Waals surface area contributed by atoms with Crippen LogP contribution in [0.5, 0.6) is 0 Å². The van der Waals surface area contributed by atoms with E-state index < -0.39 is 0 Å². The van der Waals surface area contributed by atoms with E-state index in [4.69, 9.17) is 9.73 Å². The summed E-state index contributed by atoms with van der Waals surface area (Å²) in [7, 11) is 0. The average molecular weight is 504 g/mol. The molecule has 28 heavy (non-hydrogen) atoms. The number of aromatic nitrogens is 2. The topological polar surface area (TPSA) is 57.9 Å². The molecule has 0 aromatic carbocycles. The van der Waals surface area contributed by atoms with Gasteiger partial charge in [0.25, 0.3) is 0 Å². The van der Waals surface area contributed by atoms with Crippen LogP contribution in [0.4, 0.5) is 0 Å². The molecule has 0 saturated carbocycles. The van der Waals surface area contributed by atoms with Crippen LogP contribution in [-0.2, 0) is 17.8 Å². The van der Waals surface area contributed by atoms with E-state index in [1.54, 1.807) is 0 Å². The van der Waals surface area contributed by atoms with Gasteiger partial charge in [-0.3, -0.25) is 4.90 Å². The molecule has 160 valence electrons. The number of ether oxygens (including phenoxy) is 1. The summed E-state index contributed by atoms with van der Waals surface area (Å²) in [5.41, 5.74) is 0. The minimum atomic E-state index is 0. The third kappa shape index (κ3) is 6.88. The highest BCUT2D eigenvalue weighted by molar-refractivity contribution is 14.0. The first kappa shape index (κ1) is 23.4. The second kappa shape index (κ2) is 12.0. The van der Waals surface area contributed by atoms with E-state index in [2.05, 4.69) is 51.6 Å². The van der Waals surface area contributed by atoms with Gasteiger partial charge in [-0.15, -0.1) is 24.0 Å². The number of hydrogen-bond donors (Lipinski definition) is 1. The van der Waals surface area contributed by atoms with Crippen molar-refractivity contribution in [3.8, 4) is 0 Å². The van der Waals surface area contributed by atoms with Gasteiger partial charge in [-0.2, -0.15) is 0 Å². The molecule has 1 N–H and O–H groups in total. The number of morpholine rings is 1. The summed E-state index contributed by atoms with van der Waals surface area (Å²) >= 11 is 0. The van der Waals surface area contributed by atoms with E-state index in [0.29, 0.717) is 12.5 Å². The first-order valence-corrected chi connectivity index (χ1v) is 10.5. The maximum Gasteiger partial charge on any atom is 0.194 e. The van der Waals surface area contributed by atoms with Crippen LogP contribution in [0, 0.1) is 11.8 Å². The summed E-state index contributed by atoms with van der Waals surface area (Å²) < 4.78 is 7.69. The molecule has 1 unspecified atom stereocenters. The zero-order valence-electron chi connectivity index (χ0n) is 17.6. The molecule has 2 aliphatic heterocycles. The second-order valence-corrected chi connectivity index (χ2v) is 8.07. The van der Waals surface area contributed by atoms with Gasteiger partial charge in [0.15, 0.2) is 5.96 Å².